The molecule has 19 nitrogen and oxygen atoms in total. The summed E-state index contributed by atoms with van der Waals surface area (Å²) in [6.07, 6.45) is 0.0318. The predicted octanol–water partition coefficient (Wildman–Crippen LogP) is -2.09. The molecule has 296 valence electrons. The molecule has 0 aromatic rings. The number of amides is 2. The van der Waals surface area contributed by atoms with Crippen molar-refractivity contribution in [3.05, 3.63) is 0 Å². The fourth-order valence-corrected chi connectivity index (χ4v) is 3.08. The van der Waals surface area contributed by atoms with Crippen LogP contribution in [-0.2, 0) is 71.3 Å². The maximum Gasteiger partial charge on any atom is 0.305 e. The Morgan fingerprint density at radius 1 is 0.580 bits per heavy atom. The molecule has 0 aliphatic heterocycles. The average Bonchev–Trinajstić information content (AvgIpc) is 3.10. The number of nitrogens with one attached hydrogen (secondary N) is 3. The van der Waals surface area contributed by atoms with Gasteiger partial charge in [0.1, 0.15) is 32.2 Å². The van der Waals surface area contributed by atoms with Gasteiger partial charge in [0.2, 0.25) is 11.8 Å². The quantitative estimate of drug-likeness (QED) is 0.0394. The van der Waals surface area contributed by atoms with Crippen LogP contribution in [0.4, 0.5) is 0 Å². The molecule has 50 heavy (non-hydrogen) atoms. The molecule has 0 aromatic heterocycles. The van der Waals surface area contributed by atoms with Crippen molar-refractivity contribution >= 4 is 24.1 Å². The number of carbonyl (C=O) groups is 4. The van der Waals surface area contributed by atoms with Gasteiger partial charge in [0.25, 0.3) is 0 Å². The first-order chi connectivity index (χ1) is 24.4. The summed E-state index contributed by atoms with van der Waals surface area (Å²) in [6, 6.07) is 0. The highest BCUT2D eigenvalue weighted by Gasteiger charge is 2.13. The lowest BCUT2D eigenvalue weighted by Gasteiger charge is -2.18. The van der Waals surface area contributed by atoms with E-state index in [1.165, 1.54) is 0 Å². The number of ether oxygens (including phenoxy) is 11. The van der Waals surface area contributed by atoms with E-state index in [2.05, 4.69) is 16.0 Å². The molecule has 0 fully saturated rings. The Kier molecular flexibility index (Phi) is 42.5. The van der Waals surface area contributed by atoms with Crippen LogP contribution in [0.5, 0.6) is 0 Å². The number of methoxy groups -OCH3 is 2. The zero-order valence-corrected chi connectivity index (χ0v) is 30.0. The Bertz CT molecular complexity index is 769. The van der Waals surface area contributed by atoms with Gasteiger partial charge in [-0.3, -0.25) is 14.4 Å². The molecule has 0 saturated heterocycles. The van der Waals surface area contributed by atoms with Crippen LogP contribution >= 0.6 is 0 Å². The molecule has 0 aromatic carbocycles. The van der Waals surface area contributed by atoms with E-state index < -0.39 is 18.0 Å². The van der Waals surface area contributed by atoms with E-state index in [-0.39, 0.29) is 58.5 Å². The maximum absolute atomic E-state index is 11.8. The molecule has 4 N–H and O–H groups in total. The molecule has 0 spiro atoms. The molecular formula is C31H61N3O16. The number of hydrogen-bond donors (Lipinski definition) is 4. The monoisotopic (exact) mass is 731 g/mol. The third-order valence-corrected chi connectivity index (χ3v) is 5.55. The Labute approximate surface area is 295 Å². The Balaban J connectivity index is 0. The second-order valence-corrected chi connectivity index (χ2v) is 9.76. The largest absolute Gasteiger partial charge is 0.481 e. The van der Waals surface area contributed by atoms with Crippen molar-refractivity contribution in [3.8, 4) is 0 Å². The van der Waals surface area contributed by atoms with Crippen LogP contribution in [0, 0.1) is 0 Å². The van der Waals surface area contributed by atoms with Gasteiger partial charge in [-0.1, -0.05) is 0 Å². The smallest absolute Gasteiger partial charge is 0.305 e. The zero-order chi connectivity index (χ0) is 37.2. The number of carboxylic acid groups (broad SMARTS) is 1. The number of hydrogen-bond acceptors (Lipinski definition) is 16. The lowest BCUT2D eigenvalue weighted by atomic mass is 10.4. The van der Waals surface area contributed by atoms with Gasteiger partial charge < -0.3 is 78.0 Å². The first-order valence-corrected chi connectivity index (χ1v) is 16.5. The fourth-order valence-electron chi connectivity index (χ4n) is 3.08. The van der Waals surface area contributed by atoms with Gasteiger partial charge in [0.05, 0.1) is 112 Å². The Hall–Kier alpha value is -2.40. The molecule has 0 aliphatic rings. The summed E-state index contributed by atoms with van der Waals surface area (Å²) in [5, 5.41) is 16.8. The lowest BCUT2D eigenvalue weighted by molar-refractivity contribution is -0.137. The summed E-state index contributed by atoms with van der Waals surface area (Å²) in [7, 11) is 5.05. The molecule has 0 rings (SSSR count). The third kappa shape index (κ3) is 43.6. The number of rotatable bonds is 38. The molecule has 1 unspecified atom stereocenters. The van der Waals surface area contributed by atoms with Crippen LogP contribution in [-0.4, -0.2) is 202 Å². The van der Waals surface area contributed by atoms with E-state index in [1.54, 1.807) is 14.2 Å². The van der Waals surface area contributed by atoms with Crippen LogP contribution in [0.15, 0.2) is 0 Å². The van der Waals surface area contributed by atoms with Crippen LogP contribution in [0.1, 0.15) is 6.42 Å². The van der Waals surface area contributed by atoms with Crippen LogP contribution in [0.2, 0.25) is 0 Å². The van der Waals surface area contributed by atoms with Gasteiger partial charge >= 0.3 is 5.97 Å². The molecular weight excluding hydrogens is 670 g/mol. The average molecular weight is 732 g/mol. The molecule has 0 saturated carbocycles. The second kappa shape index (κ2) is 42.8. The van der Waals surface area contributed by atoms with Gasteiger partial charge in [-0.25, -0.2) is 0 Å². The van der Waals surface area contributed by atoms with Crippen molar-refractivity contribution in [2.24, 2.45) is 0 Å². The number of aliphatic carboxylic acids is 1. The molecule has 0 bridgehead atoms. The summed E-state index contributed by atoms with van der Waals surface area (Å²) in [6.45, 7) is 7.35. The minimum Gasteiger partial charge on any atom is -0.481 e. The van der Waals surface area contributed by atoms with Crippen LogP contribution in [0.25, 0.3) is 0 Å². The number of carbonyl (C=O) groups excluding carboxylic acids is 3. The minimum atomic E-state index is -0.998. The predicted molar refractivity (Wildman–Crippen MR) is 178 cm³/mol. The maximum atomic E-state index is 11.8. The van der Waals surface area contributed by atoms with Crippen molar-refractivity contribution in [2.75, 3.05) is 166 Å². The summed E-state index contributed by atoms with van der Waals surface area (Å²) >= 11 is 0. The summed E-state index contributed by atoms with van der Waals surface area (Å²) in [5.41, 5.74) is 0. The van der Waals surface area contributed by atoms with E-state index in [0.29, 0.717) is 92.4 Å². The first-order valence-electron chi connectivity index (χ1n) is 16.5. The van der Waals surface area contributed by atoms with Gasteiger partial charge in [-0.15, -0.1) is 0 Å². The van der Waals surface area contributed by atoms with Gasteiger partial charge in [0, 0.05) is 33.9 Å². The number of likely N-dealkylation sites (N-methyl/N-ethyl adjacent to an activating group) is 1. The van der Waals surface area contributed by atoms with Crippen molar-refractivity contribution in [1.82, 2.24) is 16.0 Å². The first kappa shape index (κ1) is 49.7. The fraction of sp³-hybridized carbons (Fsp3) is 0.871. The molecule has 19 heteroatoms. The highest BCUT2D eigenvalue weighted by Crippen LogP contribution is 1.97. The Morgan fingerprint density at radius 2 is 1.04 bits per heavy atom. The zero-order valence-electron chi connectivity index (χ0n) is 30.0. The van der Waals surface area contributed by atoms with Crippen LogP contribution in [0.3, 0.4) is 0 Å². The summed E-state index contributed by atoms with van der Waals surface area (Å²) < 4.78 is 57.4. The number of carboxylic acids is 1. The Morgan fingerprint density at radius 3 is 1.58 bits per heavy atom. The van der Waals surface area contributed by atoms with Crippen molar-refractivity contribution in [2.45, 2.75) is 12.5 Å². The van der Waals surface area contributed by atoms with E-state index in [9.17, 15) is 19.2 Å². The van der Waals surface area contributed by atoms with E-state index >= 15 is 0 Å². The lowest BCUT2D eigenvalue weighted by Crippen LogP contribution is -2.34. The molecule has 0 aliphatic carbocycles. The standard InChI is InChI=1S/C24H47N3O12.C7H14O4/c1-25-5-7-33-11-14-36-17-21(39-20-23(29)26-4-3-24(30)31)18-37-15-12-34-8-6-27-22(28)19-38-16-13-35-10-9-32-2;1-9-4-5-11-7-6-10-3-2-8/h21,25H,3-20H2,1-2H3,(H,26,29)(H,27,28)(H,30,31);2H,3-7H2,1H3. The highest BCUT2D eigenvalue weighted by molar-refractivity contribution is 5.78. The third-order valence-electron chi connectivity index (χ3n) is 5.55. The second-order valence-electron chi connectivity index (χ2n) is 9.76. The topological polar surface area (TPSA) is 226 Å². The van der Waals surface area contributed by atoms with E-state index in [0.717, 1.165) is 12.8 Å². The van der Waals surface area contributed by atoms with E-state index in [1.807, 2.05) is 7.05 Å². The van der Waals surface area contributed by atoms with Gasteiger partial charge in [0.15, 0.2) is 0 Å². The van der Waals surface area contributed by atoms with E-state index in [4.69, 9.17) is 57.2 Å². The van der Waals surface area contributed by atoms with Crippen molar-refractivity contribution in [3.63, 3.8) is 0 Å². The molecule has 1 atom stereocenters. The molecule has 2 amide bonds. The summed E-state index contributed by atoms with van der Waals surface area (Å²) in [4.78, 5) is 43.8. The van der Waals surface area contributed by atoms with Gasteiger partial charge in [-0.2, -0.15) is 0 Å². The van der Waals surface area contributed by atoms with Crippen molar-refractivity contribution < 1.29 is 76.4 Å². The normalized spacial score (nSPS) is 11.4. The van der Waals surface area contributed by atoms with Crippen LogP contribution < -0.4 is 16.0 Å². The molecule has 0 heterocycles. The van der Waals surface area contributed by atoms with Gasteiger partial charge in [-0.05, 0) is 7.05 Å². The minimum absolute atomic E-state index is 0.0221. The SMILES string of the molecule is CNCCOCCOCC(COCCOCCNC(=O)COCCOCCOC)OCC(=O)NCCC(=O)O.COCCOCCOCC=O. The summed E-state index contributed by atoms with van der Waals surface area (Å²) in [5.74, 6) is -1.67. The number of aldehydes is 1. The molecule has 0 radical (unpaired) electrons. The highest BCUT2D eigenvalue weighted by atomic mass is 16.6. The van der Waals surface area contributed by atoms with Crippen molar-refractivity contribution in [1.29, 1.82) is 0 Å².